The minimum absolute atomic E-state index is 0.0701. The Morgan fingerprint density at radius 1 is 0.833 bits per heavy atom. The summed E-state index contributed by atoms with van der Waals surface area (Å²) in [5.74, 6) is 0.380. The average Bonchev–Trinajstić information content (AvgIpc) is 2.77. The molecule has 2 aliphatic heterocycles. The third kappa shape index (κ3) is 5.36. The molecular formula is C24H29Cl2N3O. The molecule has 160 valence electrons. The van der Waals surface area contributed by atoms with Crippen molar-refractivity contribution in [1.29, 1.82) is 0 Å². The molecule has 4 nitrogen and oxygen atoms in total. The Bertz CT molecular complexity index is 833. The molecule has 30 heavy (non-hydrogen) atoms. The van der Waals surface area contributed by atoms with Crippen LogP contribution >= 0.6 is 23.2 Å². The van der Waals surface area contributed by atoms with Crippen LogP contribution in [0.1, 0.15) is 24.0 Å². The summed E-state index contributed by atoms with van der Waals surface area (Å²) >= 11 is 12.7. The highest BCUT2D eigenvalue weighted by Gasteiger charge is 2.31. The van der Waals surface area contributed by atoms with Gasteiger partial charge in [0.2, 0.25) is 5.91 Å². The van der Waals surface area contributed by atoms with Crippen molar-refractivity contribution in [3.63, 3.8) is 0 Å². The Kier molecular flexibility index (Phi) is 7.32. The molecule has 0 radical (unpaired) electrons. The van der Waals surface area contributed by atoms with Crippen molar-refractivity contribution in [1.82, 2.24) is 14.7 Å². The Morgan fingerprint density at radius 3 is 2.23 bits per heavy atom. The maximum absolute atomic E-state index is 13.2. The third-order valence-corrected chi connectivity index (χ3v) is 6.94. The summed E-state index contributed by atoms with van der Waals surface area (Å²) in [5, 5.41) is 1.40. The number of piperazine rings is 1. The zero-order chi connectivity index (χ0) is 20.9. The summed E-state index contributed by atoms with van der Waals surface area (Å²) in [6.45, 7) is 6.93. The van der Waals surface area contributed by atoms with Gasteiger partial charge in [0.15, 0.2) is 0 Å². The highest BCUT2D eigenvalue weighted by atomic mass is 35.5. The van der Waals surface area contributed by atoms with E-state index in [1.807, 2.05) is 24.3 Å². The third-order valence-electron chi connectivity index (χ3n) is 6.23. The van der Waals surface area contributed by atoms with Crippen LogP contribution in [0.3, 0.4) is 0 Å². The fourth-order valence-electron chi connectivity index (χ4n) is 4.53. The zero-order valence-electron chi connectivity index (χ0n) is 17.3. The van der Waals surface area contributed by atoms with Crippen LogP contribution in [0, 0.1) is 5.92 Å². The number of nitrogens with zero attached hydrogens (tertiary/aromatic N) is 3. The van der Waals surface area contributed by atoms with Crippen molar-refractivity contribution < 1.29 is 4.79 Å². The van der Waals surface area contributed by atoms with E-state index >= 15 is 0 Å². The molecule has 0 saturated carbocycles. The van der Waals surface area contributed by atoms with Crippen molar-refractivity contribution in [2.45, 2.75) is 25.9 Å². The standard InChI is InChI=1S/C24H29Cl2N3O/c25-22-9-4-10-23(26)21(22)18-28-11-5-8-20(17-28)24(30)29-14-12-27(13-15-29)16-19-6-2-1-3-7-19/h1-4,6-7,9-10,20H,5,8,11-18H2/t20-/m1/s1. The monoisotopic (exact) mass is 445 g/mol. The molecule has 0 spiro atoms. The van der Waals surface area contributed by atoms with Crippen molar-refractivity contribution in [2.75, 3.05) is 39.3 Å². The van der Waals surface area contributed by atoms with Crippen LogP contribution in [0.4, 0.5) is 0 Å². The van der Waals surface area contributed by atoms with Gasteiger partial charge >= 0.3 is 0 Å². The number of benzene rings is 2. The van der Waals surface area contributed by atoms with Gasteiger partial charge in [-0.1, -0.05) is 59.6 Å². The molecule has 0 N–H and O–H groups in total. The zero-order valence-corrected chi connectivity index (χ0v) is 18.8. The number of rotatable bonds is 5. The first-order valence-corrected chi connectivity index (χ1v) is 11.6. The van der Waals surface area contributed by atoms with Gasteiger partial charge in [-0.2, -0.15) is 0 Å². The Labute approximate surface area is 189 Å². The quantitative estimate of drug-likeness (QED) is 0.675. The SMILES string of the molecule is O=C([C@@H]1CCCN(Cc2c(Cl)cccc2Cl)C1)N1CCN(Cc2ccccc2)CC1. The minimum Gasteiger partial charge on any atom is -0.340 e. The van der Waals surface area contributed by atoms with Gasteiger partial charge in [-0.15, -0.1) is 0 Å². The van der Waals surface area contributed by atoms with E-state index in [4.69, 9.17) is 23.2 Å². The van der Waals surface area contributed by atoms with Gasteiger partial charge in [-0.25, -0.2) is 0 Å². The molecule has 1 amide bonds. The first-order chi connectivity index (χ1) is 14.6. The van der Waals surface area contributed by atoms with Crippen molar-refractivity contribution >= 4 is 29.1 Å². The van der Waals surface area contributed by atoms with E-state index in [9.17, 15) is 4.79 Å². The van der Waals surface area contributed by atoms with Crippen molar-refractivity contribution in [2.24, 2.45) is 5.92 Å². The lowest BCUT2D eigenvalue weighted by Gasteiger charge is -2.39. The van der Waals surface area contributed by atoms with Crippen LogP contribution in [0.15, 0.2) is 48.5 Å². The van der Waals surface area contributed by atoms with Gasteiger partial charge in [0, 0.05) is 61.4 Å². The maximum atomic E-state index is 13.2. The molecule has 0 unspecified atom stereocenters. The van der Waals surface area contributed by atoms with Crippen LogP contribution in [-0.4, -0.2) is 59.9 Å². The highest BCUT2D eigenvalue weighted by Crippen LogP contribution is 2.28. The molecule has 0 bridgehead atoms. The summed E-state index contributed by atoms with van der Waals surface area (Å²) in [4.78, 5) is 20.0. The van der Waals surface area contributed by atoms with E-state index in [1.165, 1.54) is 5.56 Å². The average molecular weight is 446 g/mol. The van der Waals surface area contributed by atoms with Gasteiger partial charge in [-0.3, -0.25) is 14.6 Å². The van der Waals surface area contributed by atoms with E-state index < -0.39 is 0 Å². The van der Waals surface area contributed by atoms with Gasteiger partial charge in [0.05, 0.1) is 5.92 Å². The summed E-state index contributed by atoms with van der Waals surface area (Å²) in [5.41, 5.74) is 2.29. The van der Waals surface area contributed by atoms with E-state index in [0.29, 0.717) is 22.5 Å². The van der Waals surface area contributed by atoms with Gasteiger partial charge < -0.3 is 4.90 Å². The maximum Gasteiger partial charge on any atom is 0.227 e. The molecule has 2 fully saturated rings. The number of halogens is 2. The molecule has 0 aromatic heterocycles. The van der Waals surface area contributed by atoms with E-state index in [1.54, 1.807) is 0 Å². The Hall–Kier alpha value is -1.59. The van der Waals surface area contributed by atoms with Crippen LogP contribution in [0.2, 0.25) is 10.0 Å². The second-order valence-electron chi connectivity index (χ2n) is 8.36. The molecule has 2 saturated heterocycles. The lowest BCUT2D eigenvalue weighted by Crippen LogP contribution is -2.52. The number of hydrogen-bond acceptors (Lipinski definition) is 3. The lowest BCUT2D eigenvalue weighted by molar-refractivity contribution is -0.139. The van der Waals surface area contributed by atoms with Crippen LogP contribution < -0.4 is 0 Å². The first-order valence-electron chi connectivity index (χ1n) is 10.8. The van der Waals surface area contributed by atoms with Crippen LogP contribution in [0.25, 0.3) is 0 Å². The Morgan fingerprint density at radius 2 is 1.53 bits per heavy atom. The summed E-state index contributed by atoms with van der Waals surface area (Å²) in [6, 6.07) is 16.2. The lowest BCUT2D eigenvalue weighted by atomic mass is 9.95. The normalized spacial score (nSPS) is 21.0. The van der Waals surface area contributed by atoms with E-state index in [0.717, 1.165) is 64.2 Å². The number of amides is 1. The number of hydrogen-bond donors (Lipinski definition) is 0. The summed E-state index contributed by atoms with van der Waals surface area (Å²) in [6.07, 6.45) is 2.00. The van der Waals surface area contributed by atoms with Gasteiger partial charge in [0.1, 0.15) is 0 Å². The molecular weight excluding hydrogens is 417 g/mol. The van der Waals surface area contributed by atoms with Crippen molar-refractivity contribution in [3.8, 4) is 0 Å². The van der Waals surface area contributed by atoms with E-state index in [2.05, 4.69) is 39.0 Å². The predicted molar refractivity (Wildman–Crippen MR) is 123 cm³/mol. The number of likely N-dealkylation sites (tertiary alicyclic amines) is 1. The molecule has 2 aromatic carbocycles. The molecule has 6 heteroatoms. The molecule has 0 aliphatic carbocycles. The topological polar surface area (TPSA) is 26.8 Å². The number of piperidine rings is 1. The fraction of sp³-hybridized carbons (Fsp3) is 0.458. The van der Waals surface area contributed by atoms with Gasteiger partial charge in [0.25, 0.3) is 0 Å². The first kappa shape index (κ1) is 21.6. The van der Waals surface area contributed by atoms with E-state index in [-0.39, 0.29) is 5.92 Å². The predicted octanol–water partition coefficient (Wildman–Crippen LogP) is 4.55. The molecule has 4 rings (SSSR count). The summed E-state index contributed by atoms with van der Waals surface area (Å²) in [7, 11) is 0. The molecule has 1 atom stereocenters. The second kappa shape index (κ2) is 10.1. The largest absolute Gasteiger partial charge is 0.340 e. The fourth-order valence-corrected chi connectivity index (χ4v) is 5.05. The summed E-state index contributed by atoms with van der Waals surface area (Å²) < 4.78 is 0. The second-order valence-corrected chi connectivity index (χ2v) is 9.18. The number of carbonyl (C=O) groups is 1. The van der Waals surface area contributed by atoms with Crippen molar-refractivity contribution in [3.05, 3.63) is 69.7 Å². The minimum atomic E-state index is 0.0701. The van der Waals surface area contributed by atoms with Crippen LogP contribution in [0.5, 0.6) is 0 Å². The number of carbonyl (C=O) groups excluding carboxylic acids is 1. The molecule has 2 aromatic rings. The molecule has 2 aliphatic rings. The smallest absolute Gasteiger partial charge is 0.227 e. The van der Waals surface area contributed by atoms with Crippen LogP contribution in [-0.2, 0) is 17.9 Å². The van der Waals surface area contributed by atoms with Gasteiger partial charge in [-0.05, 0) is 37.1 Å². The molecule has 2 heterocycles. The Balaban J connectivity index is 1.29. The highest BCUT2D eigenvalue weighted by molar-refractivity contribution is 6.35.